The van der Waals surface area contributed by atoms with Crippen LogP contribution in [0.1, 0.15) is 37.4 Å². The third kappa shape index (κ3) is 5.16. The number of carbonyl (C=O) groups is 2. The number of nitrogens with one attached hydrogen (secondary N) is 1. The van der Waals surface area contributed by atoms with Gasteiger partial charge in [0.1, 0.15) is 0 Å². The number of esters is 1. The Morgan fingerprint density at radius 1 is 1.10 bits per heavy atom. The summed E-state index contributed by atoms with van der Waals surface area (Å²) < 4.78 is 33.0. The SMILES string of the molecule is CC(OC(=O)CCNC(=O)Cc1ccccc1)c1nc2ccccc2n1C(F)F. The van der Waals surface area contributed by atoms with Crippen molar-refractivity contribution in [1.29, 1.82) is 0 Å². The van der Waals surface area contributed by atoms with Gasteiger partial charge in [0.2, 0.25) is 5.91 Å². The highest BCUT2D eigenvalue weighted by Gasteiger charge is 2.24. The number of carbonyl (C=O) groups excluding carboxylic acids is 2. The van der Waals surface area contributed by atoms with Crippen molar-refractivity contribution in [2.24, 2.45) is 0 Å². The molecule has 0 spiro atoms. The first kappa shape index (κ1) is 20.4. The van der Waals surface area contributed by atoms with E-state index in [9.17, 15) is 18.4 Å². The quantitative estimate of drug-likeness (QED) is 0.583. The van der Waals surface area contributed by atoms with Crippen molar-refractivity contribution < 1.29 is 23.1 Å². The zero-order valence-corrected chi connectivity index (χ0v) is 15.8. The van der Waals surface area contributed by atoms with Crippen LogP contribution in [0.5, 0.6) is 0 Å². The maximum Gasteiger partial charge on any atom is 0.320 e. The number of nitrogens with zero attached hydrogens (tertiary/aromatic N) is 2. The summed E-state index contributed by atoms with van der Waals surface area (Å²) in [7, 11) is 0. The highest BCUT2D eigenvalue weighted by molar-refractivity contribution is 5.79. The number of benzene rings is 2. The van der Waals surface area contributed by atoms with Crippen LogP contribution in [0.15, 0.2) is 54.6 Å². The summed E-state index contributed by atoms with van der Waals surface area (Å²) in [5.41, 5.74) is 1.54. The van der Waals surface area contributed by atoms with E-state index in [0.717, 1.165) is 10.1 Å². The lowest BCUT2D eigenvalue weighted by molar-refractivity contribution is -0.149. The van der Waals surface area contributed by atoms with E-state index in [0.29, 0.717) is 5.52 Å². The van der Waals surface area contributed by atoms with E-state index in [1.54, 1.807) is 18.2 Å². The van der Waals surface area contributed by atoms with Crippen molar-refractivity contribution in [2.45, 2.75) is 32.4 Å². The normalized spacial score (nSPS) is 12.1. The number of rotatable bonds is 8. The summed E-state index contributed by atoms with van der Waals surface area (Å²) in [4.78, 5) is 28.1. The lowest BCUT2D eigenvalue weighted by atomic mass is 10.1. The van der Waals surface area contributed by atoms with E-state index >= 15 is 0 Å². The molecule has 6 nitrogen and oxygen atoms in total. The molecule has 0 radical (unpaired) electrons. The Kier molecular flexibility index (Phi) is 6.54. The molecule has 1 atom stereocenters. The van der Waals surface area contributed by atoms with Gasteiger partial charge in [-0.05, 0) is 24.6 Å². The molecule has 2 aromatic carbocycles. The molecule has 1 unspecified atom stereocenters. The second-order valence-electron chi connectivity index (χ2n) is 6.50. The third-order valence-electron chi connectivity index (χ3n) is 4.35. The fraction of sp³-hybridized carbons (Fsp3) is 0.286. The largest absolute Gasteiger partial charge is 0.454 e. The topological polar surface area (TPSA) is 73.2 Å². The Morgan fingerprint density at radius 3 is 2.52 bits per heavy atom. The Bertz CT molecular complexity index is 989. The van der Waals surface area contributed by atoms with E-state index in [-0.39, 0.29) is 36.6 Å². The smallest absolute Gasteiger partial charge is 0.320 e. The van der Waals surface area contributed by atoms with Gasteiger partial charge in [-0.25, -0.2) is 4.98 Å². The van der Waals surface area contributed by atoms with Crippen molar-refractivity contribution in [3.63, 3.8) is 0 Å². The fourth-order valence-electron chi connectivity index (χ4n) is 3.01. The number of amides is 1. The van der Waals surface area contributed by atoms with Gasteiger partial charge in [-0.2, -0.15) is 8.78 Å². The van der Waals surface area contributed by atoms with Crippen LogP contribution in [0.25, 0.3) is 11.0 Å². The van der Waals surface area contributed by atoms with Crippen molar-refractivity contribution in [3.05, 3.63) is 66.0 Å². The van der Waals surface area contributed by atoms with Crippen molar-refractivity contribution in [2.75, 3.05) is 6.54 Å². The van der Waals surface area contributed by atoms with Gasteiger partial charge in [0.15, 0.2) is 11.9 Å². The van der Waals surface area contributed by atoms with E-state index in [1.165, 1.54) is 13.0 Å². The van der Waals surface area contributed by atoms with Crippen LogP contribution in [0.2, 0.25) is 0 Å². The Morgan fingerprint density at radius 2 is 1.79 bits per heavy atom. The van der Waals surface area contributed by atoms with Crippen LogP contribution in [0.3, 0.4) is 0 Å². The van der Waals surface area contributed by atoms with Gasteiger partial charge >= 0.3 is 12.5 Å². The molecule has 8 heteroatoms. The highest BCUT2D eigenvalue weighted by atomic mass is 19.3. The lowest BCUT2D eigenvalue weighted by Crippen LogP contribution is -2.28. The van der Waals surface area contributed by atoms with Crippen LogP contribution in [-0.4, -0.2) is 28.0 Å². The second kappa shape index (κ2) is 9.27. The molecule has 152 valence electrons. The molecule has 1 amide bonds. The number of ether oxygens (including phenoxy) is 1. The number of halogens is 2. The molecule has 0 fully saturated rings. The summed E-state index contributed by atoms with van der Waals surface area (Å²) >= 11 is 0. The number of hydrogen-bond donors (Lipinski definition) is 1. The van der Waals surface area contributed by atoms with Crippen LogP contribution < -0.4 is 5.32 Å². The van der Waals surface area contributed by atoms with Crippen LogP contribution in [-0.2, 0) is 20.7 Å². The molecule has 3 aromatic rings. The minimum absolute atomic E-state index is 0.0253. The predicted molar refractivity (Wildman–Crippen MR) is 103 cm³/mol. The molecular weight excluding hydrogens is 380 g/mol. The van der Waals surface area contributed by atoms with Crippen LogP contribution in [0.4, 0.5) is 8.78 Å². The molecular formula is C21H21F2N3O3. The highest BCUT2D eigenvalue weighted by Crippen LogP contribution is 2.28. The molecule has 0 aliphatic carbocycles. The van der Waals surface area contributed by atoms with E-state index in [1.807, 2.05) is 30.3 Å². The summed E-state index contributed by atoms with van der Waals surface area (Å²) in [6.07, 6.45) is -0.811. The Hall–Kier alpha value is -3.29. The van der Waals surface area contributed by atoms with Gasteiger partial charge < -0.3 is 10.1 Å². The minimum atomic E-state index is -2.81. The monoisotopic (exact) mass is 401 g/mol. The van der Waals surface area contributed by atoms with Gasteiger partial charge in [-0.1, -0.05) is 42.5 Å². The number of hydrogen-bond acceptors (Lipinski definition) is 4. The average Bonchev–Trinajstić information content (AvgIpc) is 3.08. The average molecular weight is 401 g/mol. The molecule has 0 saturated carbocycles. The predicted octanol–water partition coefficient (Wildman–Crippen LogP) is 3.78. The molecule has 0 saturated heterocycles. The van der Waals surface area contributed by atoms with Gasteiger partial charge in [0, 0.05) is 6.54 Å². The summed E-state index contributed by atoms with van der Waals surface area (Å²) in [6.45, 7) is -1.22. The minimum Gasteiger partial charge on any atom is -0.454 e. The van der Waals surface area contributed by atoms with Gasteiger partial charge in [-0.15, -0.1) is 0 Å². The van der Waals surface area contributed by atoms with Crippen molar-refractivity contribution >= 4 is 22.9 Å². The number of imidazole rings is 1. The number of alkyl halides is 2. The first-order chi connectivity index (χ1) is 14.0. The fourth-order valence-corrected chi connectivity index (χ4v) is 3.01. The van der Waals surface area contributed by atoms with E-state index < -0.39 is 18.6 Å². The molecule has 1 aromatic heterocycles. The molecule has 3 rings (SSSR count). The first-order valence-corrected chi connectivity index (χ1v) is 9.21. The molecule has 1 N–H and O–H groups in total. The van der Waals surface area contributed by atoms with Crippen LogP contribution >= 0.6 is 0 Å². The van der Waals surface area contributed by atoms with Gasteiger partial charge in [0.05, 0.1) is 23.9 Å². The van der Waals surface area contributed by atoms with Crippen molar-refractivity contribution in [3.8, 4) is 0 Å². The molecule has 1 heterocycles. The number of para-hydroxylation sites is 2. The Balaban J connectivity index is 1.54. The van der Waals surface area contributed by atoms with Crippen molar-refractivity contribution in [1.82, 2.24) is 14.9 Å². The summed E-state index contributed by atoms with van der Waals surface area (Å²) in [6, 6.07) is 15.7. The number of aromatic nitrogens is 2. The van der Waals surface area contributed by atoms with Crippen LogP contribution in [0, 0.1) is 0 Å². The molecule has 0 aliphatic heterocycles. The van der Waals surface area contributed by atoms with Gasteiger partial charge in [0.25, 0.3) is 0 Å². The third-order valence-corrected chi connectivity index (χ3v) is 4.35. The first-order valence-electron chi connectivity index (χ1n) is 9.21. The second-order valence-corrected chi connectivity index (χ2v) is 6.50. The molecule has 0 bridgehead atoms. The zero-order valence-electron chi connectivity index (χ0n) is 15.8. The van der Waals surface area contributed by atoms with E-state index in [4.69, 9.17) is 4.74 Å². The molecule has 0 aliphatic rings. The number of fused-ring (bicyclic) bond motifs is 1. The standard InChI is InChI=1S/C21H21F2N3O3/c1-14(20-25-16-9-5-6-10-17(16)26(20)21(22)23)29-19(28)11-12-24-18(27)13-15-7-3-2-4-8-15/h2-10,14,21H,11-13H2,1H3,(H,24,27). The lowest BCUT2D eigenvalue weighted by Gasteiger charge is -2.15. The van der Waals surface area contributed by atoms with E-state index in [2.05, 4.69) is 10.3 Å². The molecule has 29 heavy (non-hydrogen) atoms. The van der Waals surface area contributed by atoms with Gasteiger partial charge in [-0.3, -0.25) is 14.2 Å². The maximum absolute atomic E-state index is 13.5. The summed E-state index contributed by atoms with van der Waals surface area (Å²) in [5.74, 6) is -0.843. The Labute approximate surface area is 166 Å². The maximum atomic E-state index is 13.5. The summed E-state index contributed by atoms with van der Waals surface area (Å²) in [5, 5.41) is 2.65. The zero-order chi connectivity index (χ0) is 20.8.